The van der Waals surface area contributed by atoms with Crippen LogP contribution >= 0.6 is 0 Å². The Bertz CT molecular complexity index is 429. The van der Waals surface area contributed by atoms with Gasteiger partial charge in [-0.15, -0.1) is 0 Å². The predicted molar refractivity (Wildman–Crippen MR) is 72.6 cm³/mol. The van der Waals surface area contributed by atoms with E-state index >= 15 is 0 Å². The summed E-state index contributed by atoms with van der Waals surface area (Å²) < 4.78 is 5.31. The number of rotatable bonds is 7. The van der Waals surface area contributed by atoms with Crippen LogP contribution in [0.5, 0.6) is 5.75 Å². The highest BCUT2D eigenvalue weighted by Gasteiger charge is 2.05. The van der Waals surface area contributed by atoms with Gasteiger partial charge in [-0.1, -0.05) is 0 Å². The monoisotopic (exact) mass is 265 g/mol. The SMILES string of the molecule is CC(N)CC(=O)Nc1ccc(OCCC(N)=O)cc1. The molecule has 1 aromatic rings. The molecule has 6 nitrogen and oxygen atoms in total. The lowest BCUT2D eigenvalue weighted by Gasteiger charge is -2.09. The Morgan fingerprint density at radius 3 is 2.47 bits per heavy atom. The van der Waals surface area contributed by atoms with E-state index in [1.807, 2.05) is 0 Å². The highest BCUT2D eigenvalue weighted by Crippen LogP contribution is 2.16. The molecule has 5 N–H and O–H groups in total. The molecular formula is C13H19N3O3. The van der Waals surface area contributed by atoms with Crippen molar-refractivity contribution in [2.45, 2.75) is 25.8 Å². The Hall–Kier alpha value is -2.08. The minimum Gasteiger partial charge on any atom is -0.493 e. The van der Waals surface area contributed by atoms with Gasteiger partial charge >= 0.3 is 0 Å². The molecule has 0 aliphatic rings. The molecule has 1 unspecified atom stereocenters. The molecule has 104 valence electrons. The summed E-state index contributed by atoms with van der Waals surface area (Å²) in [7, 11) is 0. The molecule has 0 bridgehead atoms. The van der Waals surface area contributed by atoms with Crippen molar-refractivity contribution in [3.8, 4) is 5.75 Å². The molecule has 6 heteroatoms. The first kappa shape index (κ1) is 15.0. The minimum absolute atomic E-state index is 0.127. The van der Waals surface area contributed by atoms with Crippen molar-refractivity contribution in [2.75, 3.05) is 11.9 Å². The maximum atomic E-state index is 11.5. The van der Waals surface area contributed by atoms with Gasteiger partial charge in [0.05, 0.1) is 13.0 Å². The van der Waals surface area contributed by atoms with E-state index in [0.717, 1.165) is 0 Å². The fourth-order valence-corrected chi connectivity index (χ4v) is 1.41. The first-order chi connectivity index (χ1) is 8.97. The maximum Gasteiger partial charge on any atom is 0.225 e. The van der Waals surface area contributed by atoms with Crippen LogP contribution in [0.3, 0.4) is 0 Å². The van der Waals surface area contributed by atoms with E-state index in [4.69, 9.17) is 16.2 Å². The zero-order chi connectivity index (χ0) is 14.3. The Labute approximate surface area is 112 Å². The molecule has 1 rings (SSSR count). The second-order valence-electron chi connectivity index (χ2n) is 4.32. The van der Waals surface area contributed by atoms with Gasteiger partial charge in [-0.25, -0.2) is 0 Å². The molecule has 19 heavy (non-hydrogen) atoms. The van der Waals surface area contributed by atoms with Crippen molar-refractivity contribution in [1.29, 1.82) is 0 Å². The molecule has 0 fully saturated rings. The Kier molecular flexibility index (Phi) is 5.81. The lowest BCUT2D eigenvalue weighted by Crippen LogP contribution is -2.23. The normalized spacial score (nSPS) is 11.7. The molecule has 0 radical (unpaired) electrons. The summed E-state index contributed by atoms with van der Waals surface area (Å²) in [5.41, 5.74) is 11.2. The second kappa shape index (κ2) is 7.38. The first-order valence-corrected chi connectivity index (χ1v) is 6.04. The van der Waals surface area contributed by atoms with Gasteiger partial charge in [0.25, 0.3) is 0 Å². The lowest BCUT2D eigenvalue weighted by atomic mass is 10.2. The van der Waals surface area contributed by atoms with Crippen LogP contribution < -0.4 is 21.5 Å². The Morgan fingerprint density at radius 2 is 1.95 bits per heavy atom. The van der Waals surface area contributed by atoms with Crippen LogP contribution in [-0.4, -0.2) is 24.5 Å². The molecule has 2 amide bonds. The molecular weight excluding hydrogens is 246 g/mol. The maximum absolute atomic E-state index is 11.5. The van der Waals surface area contributed by atoms with Crippen LogP contribution in [0.1, 0.15) is 19.8 Å². The van der Waals surface area contributed by atoms with Gasteiger partial charge in [0, 0.05) is 18.2 Å². The van der Waals surface area contributed by atoms with Crippen molar-refractivity contribution in [2.24, 2.45) is 11.5 Å². The van der Waals surface area contributed by atoms with Crippen molar-refractivity contribution in [3.05, 3.63) is 24.3 Å². The zero-order valence-corrected chi connectivity index (χ0v) is 10.9. The van der Waals surface area contributed by atoms with E-state index in [2.05, 4.69) is 5.32 Å². The van der Waals surface area contributed by atoms with E-state index in [0.29, 0.717) is 11.4 Å². The molecule has 0 aromatic heterocycles. The number of carbonyl (C=O) groups is 2. The molecule has 1 atom stereocenters. The molecule has 0 saturated heterocycles. The average Bonchev–Trinajstić information content (AvgIpc) is 2.29. The summed E-state index contributed by atoms with van der Waals surface area (Å²) in [6, 6.07) is 6.69. The average molecular weight is 265 g/mol. The van der Waals surface area contributed by atoms with E-state index < -0.39 is 5.91 Å². The van der Waals surface area contributed by atoms with Crippen LogP contribution in [0.25, 0.3) is 0 Å². The lowest BCUT2D eigenvalue weighted by molar-refractivity contribution is -0.118. The quantitative estimate of drug-likeness (QED) is 0.671. The smallest absolute Gasteiger partial charge is 0.225 e. The molecule has 1 aromatic carbocycles. The van der Waals surface area contributed by atoms with Gasteiger partial charge in [-0.05, 0) is 31.2 Å². The van der Waals surface area contributed by atoms with Crippen LogP contribution in [0, 0.1) is 0 Å². The van der Waals surface area contributed by atoms with Gasteiger partial charge in [0.2, 0.25) is 11.8 Å². The number of amides is 2. The fourth-order valence-electron chi connectivity index (χ4n) is 1.41. The number of nitrogens with two attached hydrogens (primary N) is 2. The van der Waals surface area contributed by atoms with Crippen LogP contribution in [0.15, 0.2) is 24.3 Å². The van der Waals surface area contributed by atoms with Crippen LogP contribution in [0.4, 0.5) is 5.69 Å². The van der Waals surface area contributed by atoms with E-state index in [1.54, 1.807) is 31.2 Å². The third kappa shape index (κ3) is 6.42. The third-order valence-corrected chi connectivity index (χ3v) is 2.26. The Morgan fingerprint density at radius 1 is 1.32 bits per heavy atom. The van der Waals surface area contributed by atoms with Gasteiger partial charge in [-0.2, -0.15) is 0 Å². The largest absolute Gasteiger partial charge is 0.493 e. The van der Waals surface area contributed by atoms with Gasteiger partial charge in [0.15, 0.2) is 0 Å². The highest BCUT2D eigenvalue weighted by atomic mass is 16.5. The molecule has 0 aliphatic heterocycles. The molecule has 0 spiro atoms. The second-order valence-corrected chi connectivity index (χ2v) is 4.32. The van der Waals surface area contributed by atoms with Crippen LogP contribution in [0.2, 0.25) is 0 Å². The third-order valence-electron chi connectivity index (χ3n) is 2.26. The summed E-state index contributed by atoms with van der Waals surface area (Å²) >= 11 is 0. The number of anilines is 1. The standard InChI is InChI=1S/C13H19N3O3/c1-9(14)8-13(18)16-10-2-4-11(5-3-10)19-7-6-12(15)17/h2-5,9H,6-8,14H2,1H3,(H2,15,17)(H,16,18). The number of ether oxygens (including phenoxy) is 1. The number of primary amides is 1. The number of hydrogen-bond acceptors (Lipinski definition) is 4. The topological polar surface area (TPSA) is 107 Å². The molecule has 0 saturated carbocycles. The van der Waals surface area contributed by atoms with E-state index in [1.165, 1.54) is 0 Å². The van der Waals surface area contributed by atoms with Gasteiger partial charge in [-0.3, -0.25) is 9.59 Å². The highest BCUT2D eigenvalue weighted by molar-refractivity contribution is 5.91. The molecule has 0 aliphatic carbocycles. The predicted octanol–water partition coefficient (Wildman–Crippen LogP) is 0.617. The summed E-state index contributed by atoms with van der Waals surface area (Å²) in [6.07, 6.45) is 0.448. The Balaban J connectivity index is 2.43. The van der Waals surface area contributed by atoms with Crippen LogP contribution in [-0.2, 0) is 9.59 Å². The van der Waals surface area contributed by atoms with Crippen molar-refractivity contribution in [3.63, 3.8) is 0 Å². The van der Waals surface area contributed by atoms with Crippen molar-refractivity contribution < 1.29 is 14.3 Å². The van der Waals surface area contributed by atoms with E-state index in [9.17, 15) is 9.59 Å². The first-order valence-electron chi connectivity index (χ1n) is 6.04. The van der Waals surface area contributed by atoms with Gasteiger partial charge in [0.1, 0.15) is 5.75 Å². The van der Waals surface area contributed by atoms with E-state index in [-0.39, 0.29) is 31.4 Å². The van der Waals surface area contributed by atoms with Crippen molar-refractivity contribution in [1.82, 2.24) is 0 Å². The zero-order valence-electron chi connectivity index (χ0n) is 10.9. The van der Waals surface area contributed by atoms with Gasteiger partial charge < -0.3 is 21.5 Å². The molecule has 0 heterocycles. The number of carbonyl (C=O) groups excluding carboxylic acids is 2. The minimum atomic E-state index is -0.403. The summed E-state index contributed by atoms with van der Waals surface area (Å²) in [6.45, 7) is 2.01. The number of benzene rings is 1. The van der Waals surface area contributed by atoms with Crippen molar-refractivity contribution >= 4 is 17.5 Å². The summed E-state index contributed by atoms with van der Waals surface area (Å²) in [4.78, 5) is 22.0. The number of hydrogen-bond donors (Lipinski definition) is 3. The summed E-state index contributed by atoms with van der Waals surface area (Å²) in [5, 5.41) is 2.73. The number of nitrogens with one attached hydrogen (secondary N) is 1. The summed E-state index contributed by atoms with van der Waals surface area (Å²) in [5.74, 6) is 0.0867. The fraction of sp³-hybridized carbons (Fsp3) is 0.385.